The monoisotopic (exact) mass is 186 g/mol. The van der Waals surface area contributed by atoms with Gasteiger partial charge in [0.2, 0.25) is 0 Å². The van der Waals surface area contributed by atoms with E-state index in [2.05, 4.69) is 0 Å². The molecule has 1 aliphatic carbocycles. The van der Waals surface area contributed by atoms with Crippen molar-refractivity contribution in [1.82, 2.24) is 0 Å². The number of epoxide rings is 1. The van der Waals surface area contributed by atoms with Crippen molar-refractivity contribution in [2.24, 2.45) is 0 Å². The van der Waals surface area contributed by atoms with Crippen molar-refractivity contribution in [2.75, 3.05) is 0 Å². The summed E-state index contributed by atoms with van der Waals surface area (Å²) in [6.07, 6.45) is 1.80. The van der Waals surface area contributed by atoms with Crippen LogP contribution >= 0.6 is 0 Å². The molecule has 0 aromatic carbocycles. The van der Waals surface area contributed by atoms with Crippen LogP contribution in [0.5, 0.6) is 0 Å². The first kappa shape index (κ1) is 8.97. The molecule has 0 aromatic heterocycles. The van der Waals surface area contributed by atoms with Crippen LogP contribution in [0.2, 0.25) is 0 Å². The molecule has 0 amide bonds. The minimum Gasteiger partial charge on any atom is -0.460 e. The highest BCUT2D eigenvalue weighted by Gasteiger charge is 2.51. The molecule has 2 aliphatic rings. The van der Waals surface area contributed by atoms with Gasteiger partial charge in [-0.2, -0.15) is 0 Å². The molecule has 0 radical (unpaired) electrons. The van der Waals surface area contributed by atoms with Crippen LogP contribution in [0, 0.1) is 0 Å². The second-order valence-electron chi connectivity index (χ2n) is 3.71. The third kappa shape index (κ3) is 1.84. The number of hydrogen-bond donors (Lipinski definition) is 1. The Labute approximate surface area is 76.8 Å². The Balaban J connectivity index is 1.94. The molecule has 2 fully saturated rings. The van der Waals surface area contributed by atoms with Gasteiger partial charge in [-0.3, -0.25) is 4.79 Å². The third-order valence-corrected chi connectivity index (χ3v) is 2.61. The Morgan fingerprint density at radius 1 is 1.46 bits per heavy atom. The van der Waals surface area contributed by atoms with Gasteiger partial charge in [0, 0.05) is 6.92 Å². The second kappa shape index (κ2) is 3.27. The largest absolute Gasteiger partial charge is 0.460 e. The number of ether oxygens (including phenoxy) is 2. The predicted molar refractivity (Wildman–Crippen MR) is 44.1 cm³/mol. The van der Waals surface area contributed by atoms with Crippen LogP contribution in [0.15, 0.2) is 0 Å². The fourth-order valence-corrected chi connectivity index (χ4v) is 1.94. The smallest absolute Gasteiger partial charge is 0.302 e. The maximum Gasteiger partial charge on any atom is 0.302 e. The summed E-state index contributed by atoms with van der Waals surface area (Å²) in [5, 5.41) is 9.49. The third-order valence-electron chi connectivity index (χ3n) is 2.61. The summed E-state index contributed by atoms with van der Waals surface area (Å²) >= 11 is 0. The van der Waals surface area contributed by atoms with Crippen molar-refractivity contribution in [3.63, 3.8) is 0 Å². The summed E-state index contributed by atoms with van der Waals surface area (Å²) in [5.41, 5.74) is 0. The first-order valence-corrected chi connectivity index (χ1v) is 4.69. The number of rotatable bonds is 1. The highest BCUT2D eigenvalue weighted by Crippen LogP contribution is 2.37. The Morgan fingerprint density at radius 2 is 2.23 bits per heavy atom. The van der Waals surface area contributed by atoms with Gasteiger partial charge in [-0.1, -0.05) is 0 Å². The number of carbonyl (C=O) groups is 1. The van der Waals surface area contributed by atoms with Crippen LogP contribution < -0.4 is 0 Å². The van der Waals surface area contributed by atoms with E-state index >= 15 is 0 Å². The molecule has 1 N–H and O–H groups in total. The summed E-state index contributed by atoms with van der Waals surface area (Å²) in [4.78, 5) is 10.7. The van der Waals surface area contributed by atoms with Gasteiger partial charge in [0.15, 0.2) is 0 Å². The zero-order chi connectivity index (χ0) is 9.42. The molecular formula is C9H14O4. The van der Waals surface area contributed by atoms with E-state index in [4.69, 9.17) is 9.47 Å². The van der Waals surface area contributed by atoms with Gasteiger partial charge in [-0.25, -0.2) is 0 Å². The average molecular weight is 186 g/mol. The van der Waals surface area contributed by atoms with E-state index in [0.29, 0.717) is 0 Å². The quantitative estimate of drug-likeness (QED) is 0.470. The SMILES string of the molecule is CC(=O)OC1CCCC(O)C2OC12. The van der Waals surface area contributed by atoms with Gasteiger partial charge in [-0.15, -0.1) is 0 Å². The number of esters is 1. The minimum atomic E-state index is -0.370. The normalized spacial score (nSPS) is 43.2. The number of fused-ring (bicyclic) bond motifs is 1. The van der Waals surface area contributed by atoms with Gasteiger partial charge < -0.3 is 14.6 Å². The molecule has 1 saturated carbocycles. The van der Waals surface area contributed by atoms with E-state index < -0.39 is 0 Å². The van der Waals surface area contributed by atoms with Gasteiger partial charge in [0.05, 0.1) is 6.10 Å². The maximum absolute atomic E-state index is 10.7. The lowest BCUT2D eigenvalue weighted by atomic mass is 10.1. The van der Waals surface area contributed by atoms with Crippen LogP contribution in [0.4, 0.5) is 0 Å². The molecule has 4 unspecified atom stereocenters. The Kier molecular flexibility index (Phi) is 2.26. The highest BCUT2D eigenvalue weighted by atomic mass is 16.6. The molecule has 1 aliphatic heterocycles. The first-order chi connectivity index (χ1) is 6.18. The lowest BCUT2D eigenvalue weighted by Gasteiger charge is -2.12. The van der Waals surface area contributed by atoms with Crippen LogP contribution in [-0.4, -0.2) is 35.5 Å². The lowest BCUT2D eigenvalue weighted by Crippen LogP contribution is -2.24. The maximum atomic E-state index is 10.7. The number of aliphatic hydroxyl groups excluding tert-OH is 1. The molecule has 4 atom stereocenters. The Bertz CT molecular complexity index is 216. The minimum absolute atomic E-state index is 0.0543. The van der Waals surface area contributed by atoms with Gasteiger partial charge in [-0.05, 0) is 19.3 Å². The van der Waals surface area contributed by atoms with E-state index in [1.807, 2.05) is 0 Å². The highest BCUT2D eigenvalue weighted by molar-refractivity contribution is 5.66. The lowest BCUT2D eigenvalue weighted by molar-refractivity contribution is -0.147. The van der Waals surface area contributed by atoms with Crippen LogP contribution in [0.1, 0.15) is 26.2 Å². The fourth-order valence-electron chi connectivity index (χ4n) is 1.94. The zero-order valence-electron chi connectivity index (χ0n) is 7.60. The molecule has 13 heavy (non-hydrogen) atoms. The second-order valence-corrected chi connectivity index (χ2v) is 3.71. The van der Waals surface area contributed by atoms with Crippen LogP contribution in [0.3, 0.4) is 0 Å². The van der Waals surface area contributed by atoms with Crippen molar-refractivity contribution in [3.05, 3.63) is 0 Å². The summed E-state index contributed by atoms with van der Waals surface area (Å²) in [6, 6.07) is 0. The summed E-state index contributed by atoms with van der Waals surface area (Å²) < 4.78 is 10.4. The standard InChI is InChI=1S/C9H14O4/c1-5(10)12-7-4-2-3-6(11)8-9(7)13-8/h6-9,11H,2-4H2,1H3. The zero-order valence-corrected chi connectivity index (χ0v) is 7.60. The van der Waals surface area contributed by atoms with Crippen molar-refractivity contribution in [3.8, 4) is 0 Å². The van der Waals surface area contributed by atoms with Gasteiger partial charge in [0.1, 0.15) is 18.3 Å². The topological polar surface area (TPSA) is 59.1 Å². The Morgan fingerprint density at radius 3 is 2.92 bits per heavy atom. The van der Waals surface area contributed by atoms with Gasteiger partial charge in [0.25, 0.3) is 0 Å². The molecular weight excluding hydrogens is 172 g/mol. The summed E-state index contributed by atoms with van der Waals surface area (Å²) in [7, 11) is 0. The average Bonchev–Trinajstić information content (AvgIpc) is 2.78. The van der Waals surface area contributed by atoms with Crippen LogP contribution in [-0.2, 0) is 14.3 Å². The molecule has 0 aromatic rings. The van der Waals surface area contributed by atoms with Crippen molar-refractivity contribution in [1.29, 1.82) is 0 Å². The summed E-state index contributed by atoms with van der Waals surface area (Å²) in [6.45, 7) is 1.40. The van der Waals surface area contributed by atoms with E-state index in [1.165, 1.54) is 6.92 Å². The number of hydrogen-bond acceptors (Lipinski definition) is 4. The number of carbonyl (C=O) groups excluding carboxylic acids is 1. The molecule has 0 bridgehead atoms. The fraction of sp³-hybridized carbons (Fsp3) is 0.889. The molecule has 0 spiro atoms. The van der Waals surface area contributed by atoms with Crippen molar-refractivity contribution < 1.29 is 19.4 Å². The van der Waals surface area contributed by atoms with E-state index in [0.717, 1.165) is 19.3 Å². The van der Waals surface area contributed by atoms with E-state index in [1.54, 1.807) is 0 Å². The van der Waals surface area contributed by atoms with Crippen molar-refractivity contribution in [2.45, 2.75) is 50.6 Å². The van der Waals surface area contributed by atoms with Gasteiger partial charge >= 0.3 is 5.97 Å². The molecule has 74 valence electrons. The molecule has 1 saturated heterocycles. The van der Waals surface area contributed by atoms with E-state index in [9.17, 15) is 9.90 Å². The summed E-state index contributed by atoms with van der Waals surface area (Å²) in [5.74, 6) is -0.268. The first-order valence-electron chi connectivity index (χ1n) is 4.69. The molecule has 2 rings (SSSR count). The molecule has 1 heterocycles. The van der Waals surface area contributed by atoms with E-state index in [-0.39, 0.29) is 30.4 Å². The predicted octanol–water partition coefficient (Wildman–Crippen LogP) is 0.230. The molecule has 4 heteroatoms. The van der Waals surface area contributed by atoms with Crippen LogP contribution in [0.25, 0.3) is 0 Å². The number of aliphatic hydroxyl groups is 1. The molecule has 4 nitrogen and oxygen atoms in total. The Hall–Kier alpha value is -0.610. The van der Waals surface area contributed by atoms with Crippen molar-refractivity contribution >= 4 is 5.97 Å².